The monoisotopic (exact) mass is 249 g/mol. The molecular formula is C11H17F2NO3. The first-order valence-electron chi connectivity index (χ1n) is 5.50. The molecule has 1 amide bonds. The lowest BCUT2D eigenvalue weighted by Crippen LogP contribution is -2.51. The molecule has 0 aromatic heterocycles. The molecule has 98 valence electrons. The van der Waals surface area contributed by atoms with E-state index in [1.165, 1.54) is 0 Å². The van der Waals surface area contributed by atoms with E-state index in [4.69, 9.17) is 4.74 Å². The Kier molecular flexibility index (Phi) is 4.06. The molecule has 17 heavy (non-hydrogen) atoms. The van der Waals surface area contributed by atoms with E-state index in [9.17, 15) is 18.4 Å². The van der Waals surface area contributed by atoms with Crippen LogP contribution in [0.5, 0.6) is 0 Å². The summed E-state index contributed by atoms with van der Waals surface area (Å²) in [6, 6.07) is -1.36. The van der Waals surface area contributed by atoms with Gasteiger partial charge in [-0.15, -0.1) is 0 Å². The van der Waals surface area contributed by atoms with Crippen molar-refractivity contribution in [1.29, 1.82) is 0 Å². The predicted molar refractivity (Wildman–Crippen MR) is 57.0 cm³/mol. The van der Waals surface area contributed by atoms with Crippen molar-refractivity contribution in [3.05, 3.63) is 0 Å². The van der Waals surface area contributed by atoms with Gasteiger partial charge >= 0.3 is 6.09 Å². The Morgan fingerprint density at radius 1 is 1.47 bits per heavy atom. The van der Waals surface area contributed by atoms with Gasteiger partial charge < -0.3 is 4.74 Å². The Balaban J connectivity index is 2.73. The molecule has 0 aromatic carbocycles. The Hall–Kier alpha value is -1.20. The fourth-order valence-electron chi connectivity index (χ4n) is 1.63. The van der Waals surface area contributed by atoms with Gasteiger partial charge in [-0.1, -0.05) is 0 Å². The van der Waals surface area contributed by atoms with E-state index in [0.29, 0.717) is 0 Å². The Morgan fingerprint density at radius 3 is 2.53 bits per heavy atom. The first-order valence-corrected chi connectivity index (χ1v) is 5.50. The number of ketones is 1. The number of amides is 1. The second-order valence-electron chi connectivity index (χ2n) is 5.07. The molecule has 4 nitrogen and oxygen atoms in total. The minimum Gasteiger partial charge on any atom is -0.444 e. The molecule has 1 unspecified atom stereocenters. The molecule has 1 rings (SSSR count). The number of piperidine rings is 1. The number of likely N-dealkylation sites (tertiary alicyclic amines) is 1. The van der Waals surface area contributed by atoms with Crippen molar-refractivity contribution >= 4 is 11.9 Å². The number of halogens is 2. The van der Waals surface area contributed by atoms with Crippen LogP contribution in [0.1, 0.15) is 33.6 Å². The number of carbonyl (C=O) groups is 2. The zero-order valence-electron chi connectivity index (χ0n) is 10.2. The normalized spacial score (nSPS) is 21.9. The summed E-state index contributed by atoms with van der Waals surface area (Å²) in [5, 5.41) is 0. The van der Waals surface area contributed by atoms with E-state index in [2.05, 4.69) is 0 Å². The molecule has 1 fully saturated rings. The number of carbonyl (C=O) groups excluding carboxylic acids is 2. The highest BCUT2D eigenvalue weighted by Crippen LogP contribution is 2.22. The van der Waals surface area contributed by atoms with E-state index in [0.717, 1.165) is 4.90 Å². The van der Waals surface area contributed by atoms with Gasteiger partial charge in [-0.05, 0) is 20.8 Å². The van der Waals surface area contributed by atoms with Crippen LogP contribution in [0.2, 0.25) is 0 Å². The average Bonchev–Trinajstić information content (AvgIpc) is 2.14. The first kappa shape index (κ1) is 13.9. The molecule has 1 aliphatic rings. The van der Waals surface area contributed by atoms with E-state index >= 15 is 0 Å². The standard InChI is InChI=1S/C11H17F2NO3/c1-11(2,3)17-10(16)14-5-4-7(15)6-8(14)9(12)13/h8-9H,4-6H2,1-3H3. The van der Waals surface area contributed by atoms with Crippen LogP contribution in [-0.4, -0.2) is 41.4 Å². The summed E-state index contributed by atoms with van der Waals surface area (Å²) < 4.78 is 30.5. The van der Waals surface area contributed by atoms with Gasteiger partial charge in [0.1, 0.15) is 17.4 Å². The highest BCUT2D eigenvalue weighted by Gasteiger charge is 2.38. The van der Waals surface area contributed by atoms with Crippen LogP contribution in [0.25, 0.3) is 0 Å². The molecule has 0 aromatic rings. The van der Waals surface area contributed by atoms with Gasteiger partial charge in [0.05, 0.1) is 0 Å². The van der Waals surface area contributed by atoms with Crippen LogP contribution >= 0.6 is 0 Å². The maximum atomic E-state index is 12.7. The zero-order chi connectivity index (χ0) is 13.2. The van der Waals surface area contributed by atoms with Crippen LogP contribution in [0, 0.1) is 0 Å². The van der Waals surface area contributed by atoms with Gasteiger partial charge in [0, 0.05) is 19.4 Å². The number of hydrogen-bond acceptors (Lipinski definition) is 3. The van der Waals surface area contributed by atoms with E-state index in [1.54, 1.807) is 20.8 Å². The van der Waals surface area contributed by atoms with Gasteiger partial charge in [-0.3, -0.25) is 9.69 Å². The summed E-state index contributed by atoms with van der Waals surface area (Å²) in [4.78, 5) is 23.8. The number of ether oxygens (including phenoxy) is 1. The van der Waals surface area contributed by atoms with Gasteiger partial charge in [-0.2, -0.15) is 0 Å². The highest BCUT2D eigenvalue weighted by molar-refractivity contribution is 5.82. The van der Waals surface area contributed by atoms with Crippen molar-refractivity contribution < 1.29 is 23.1 Å². The Labute approximate surface area is 98.9 Å². The largest absolute Gasteiger partial charge is 0.444 e. The molecule has 0 N–H and O–H groups in total. The third-order valence-corrected chi connectivity index (χ3v) is 2.39. The quantitative estimate of drug-likeness (QED) is 0.715. The maximum absolute atomic E-state index is 12.7. The minimum atomic E-state index is -2.73. The van der Waals surface area contributed by atoms with Crippen LogP contribution < -0.4 is 0 Å². The molecule has 1 aliphatic heterocycles. The maximum Gasteiger partial charge on any atom is 0.410 e. The first-order chi connectivity index (χ1) is 7.70. The molecule has 0 aliphatic carbocycles. The highest BCUT2D eigenvalue weighted by atomic mass is 19.3. The summed E-state index contributed by atoms with van der Waals surface area (Å²) >= 11 is 0. The van der Waals surface area contributed by atoms with E-state index in [1.807, 2.05) is 0 Å². The molecule has 1 heterocycles. The lowest BCUT2D eigenvalue weighted by Gasteiger charge is -2.35. The topological polar surface area (TPSA) is 46.6 Å². The van der Waals surface area contributed by atoms with Crippen LogP contribution in [0.3, 0.4) is 0 Å². The van der Waals surface area contributed by atoms with Gasteiger partial charge in [0.15, 0.2) is 0 Å². The van der Waals surface area contributed by atoms with Crippen molar-refractivity contribution in [2.24, 2.45) is 0 Å². The summed E-state index contributed by atoms with van der Waals surface area (Å²) in [6.07, 6.45) is -3.69. The number of nitrogens with zero attached hydrogens (tertiary/aromatic N) is 1. The molecule has 0 bridgehead atoms. The minimum absolute atomic E-state index is 0.00273. The molecule has 0 spiro atoms. The summed E-state index contributed by atoms with van der Waals surface area (Å²) in [7, 11) is 0. The molecule has 1 saturated heterocycles. The number of rotatable bonds is 1. The van der Waals surface area contributed by atoms with Gasteiger partial charge in [-0.25, -0.2) is 13.6 Å². The molecule has 1 atom stereocenters. The Bertz CT molecular complexity index is 312. The third-order valence-electron chi connectivity index (χ3n) is 2.39. The summed E-state index contributed by atoms with van der Waals surface area (Å²) in [6.45, 7) is 4.99. The second kappa shape index (κ2) is 4.98. The van der Waals surface area contributed by atoms with Crippen molar-refractivity contribution in [3.63, 3.8) is 0 Å². The molecule has 6 heteroatoms. The van der Waals surface area contributed by atoms with Crippen LogP contribution in [0.4, 0.5) is 13.6 Å². The van der Waals surface area contributed by atoms with E-state index in [-0.39, 0.29) is 25.2 Å². The SMILES string of the molecule is CC(C)(C)OC(=O)N1CCC(=O)CC1C(F)F. The van der Waals surface area contributed by atoms with Gasteiger partial charge in [0.2, 0.25) is 0 Å². The number of alkyl halides is 2. The molecule has 0 saturated carbocycles. The average molecular weight is 249 g/mol. The lowest BCUT2D eigenvalue weighted by atomic mass is 10.0. The molecular weight excluding hydrogens is 232 g/mol. The van der Waals surface area contributed by atoms with Gasteiger partial charge in [0.25, 0.3) is 6.43 Å². The van der Waals surface area contributed by atoms with Crippen molar-refractivity contribution in [1.82, 2.24) is 4.90 Å². The zero-order valence-corrected chi connectivity index (χ0v) is 10.2. The Morgan fingerprint density at radius 2 is 2.06 bits per heavy atom. The van der Waals surface area contributed by atoms with Crippen molar-refractivity contribution in [3.8, 4) is 0 Å². The fraction of sp³-hybridized carbons (Fsp3) is 0.818. The fourth-order valence-corrected chi connectivity index (χ4v) is 1.63. The lowest BCUT2D eigenvalue weighted by molar-refractivity contribution is -0.125. The third kappa shape index (κ3) is 3.94. The number of hydrogen-bond donors (Lipinski definition) is 0. The van der Waals surface area contributed by atoms with E-state index < -0.39 is 24.2 Å². The van der Waals surface area contributed by atoms with Crippen molar-refractivity contribution in [2.75, 3.05) is 6.54 Å². The smallest absolute Gasteiger partial charge is 0.410 e. The molecule has 0 radical (unpaired) electrons. The van der Waals surface area contributed by atoms with Crippen LogP contribution in [-0.2, 0) is 9.53 Å². The van der Waals surface area contributed by atoms with Crippen LogP contribution in [0.15, 0.2) is 0 Å². The number of Topliss-reactive ketones (excluding diaryl/α,β-unsaturated/α-hetero) is 1. The second-order valence-corrected chi connectivity index (χ2v) is 5.07. The summed E-state index contributed by atoms with van der Waals surface area (Å²) in [5.74, 6) is -0.241. The van der Waals surface area contributed by atoms with Crippen molar-refractivity contribution in [2.45, 2.75) is 51.7 Å². The summed E-state index contributed by atoms with van der Waals surface area (Å²) in [5.41, 5.74) is -0.731. The predicted octanol–water partition coefficient (Wildman–Crippen LogP) is 2.22.